The molecule has 1 aliphatic heterocycles. The van der Waals surface area contributed by atoms with Gasteiger partial charge in [-0.3, -0.25) is 24.0 Å². The average Bonchev–Trinajstić information content (AvgIpc) is 3.03. The second kappa shape index (κ2) is 15.8. The number of nitrogens with zero attached hydrogens (tertiary/aromatic N) is 1. The molecule has 2 heterocycles. The molecule has 0 aliphatic carbocycles. The number of pyridine rings is 1. The van der Waals surface area contributed by atoms with E-state index in [2.05, 4.69) is 4.98 Å². The lowest BCUT2D eigenvalue weighted by molar-refractivity contribution is -0.177. The van der Waals surface area contributed by atoms with Crippen LogP contribution in [0.25, 0.3) is 0 Å². The number of Topliss-reactive ketones (excluding diaryl/α,β-unsaturated/α-hetero) is 1. The fourth-order valence-corrected chi connectivity index (χ4v) is 4.39. The van der Waals surface area contributed by atoms with E-state index in [4.69, 9.17) is 28.4 Å². The number of ether oxygens (including phenoxy) is 6. The lowest BCUT2D eigenvalue weighted by atomic mass is 9.91. The number of hydrogen-bond acceptors (Lipinski definition) is 12. The Balaban J connectivity index is 1.85. The largest absolute Gasteiger partial charge is 0.493 e. The molecule has 4 atom stereocenters. The Hall–Kier alpha value is -4.48. The quantitative estimate of drug-likeness (QED) is 0.148. The van der Waals surface area contributed by atoms with E-state index in [1.54, 1.807) is 27.7 Å². The molecule has 0 unspecified atom stereocenters. The molecule has 0 radical (unpaired) electrons. The maximum absolute atomic E-state index is 13.5. The van der Waals surface area contributed by atoms with Crippen molar-refractivity contribution in [2.45, 2.75) is 59.7 Å². The number of ketones is 1. The van der Waals surface area contributed by atoms with Crippen molar-refractivity contribution in [3.8, 4) is 11.5 Å². The Morgan fingerprint density at radius 1 is 0.977 bits per heavy atom. The summed E-state index contributed by atoms with van der Waals surface area (Å²) in [6, 6.07) is 10.6. The molecule has 3 rings (SSSR count). The van der Waals surface area contributed by atoms with Crippen molar-refractivity contribution >= 4 is 29.7 Å². The topological polar surface area (TPSA) is 154 Å². The molecular formula is C32H39NO11. The number of methoxy groups -OCH3 is 1. The van der Waals surface area contributed by atoms with Crippen LogP contribution in [0.5, 0.6) is 11.5 Å². The molecule has 2 aromatic rings. The van der Waals surface area contributed by atoms with Crippen LogP contribution in [-0.4, -0.2) is 67.4 Å². The van der Waals surface area contributed by atoms with Gasteiger partial charge in [-0.05, 0) is 18.9 Å². The smallest absolute Gasteiger partial charge is 0.313 e. The number of esters is 4. The normalized spacial score (nSPS) is 20.5. The Morgan fingerprint density at radius 2 is 1.66 bits per heavy atom. The molecule has 12 nitrogen and oxygen atoms in total. The first-order valence-corrected chi connectivity index (χ1v) is 14.4. The summed E-state index contributed by atoms with van der Waals surface area (Å²) in [7, 11) is 1.36. The minimum atomic E-state index is -1.20. The van der Waals surface area contributed by atoms with E-state index < -0.39 is 85.4 Å². The van der Waals surface area contributed by atoms with E-state index in [-0.39, 0.29) is 23.6 Å². The van der Waals surface area contributed by atoms with Gasteiger partial charge in [0.05, 0.1) is 24.9 Å². The van der Waals surface area contributed by atoms with Crippen molar-refractivity contribution in [1.82, 2.24) is 4.98 Å². The van der Waals surface area contributed by atoms with Gasteiger partial charge in [0.2, 0.25) is 6.79 Å². The van der Waals surface area contributed by atoms with Crippen molar-refractivity contribution in [3.63, 3.8) is 0 Å². The summed E-state index contributed by atoms with van der Waals surface area (Å²) in [5.41, 5.74) is 0.614. The number of carbonyl (C=O) groups is 5. The van der Waals surface area contributed by atoms with E-state index in [0.29, 0.717) is 0 Å². The number of carbonyl (C=O) groups excluding carboxylic acids is 5. The minimum Gasteiger partial charge on any atom is -0.493 e. The molecule has 0 N–H and O–H groups in total. The second-order valence-electron chi connectivity index (χ2n) is 11.0. The van der Waals surface area contributed by atoms with Gasteiger partial charge in [0.15, 0.2) is 29.1 Å². The van der Waals surface area contributed by atoms with Gasteiger partial charge in [-0.25, -0.2) is 4.98 Å². The van der Waals surface area contributed by atoms with Crippen molar-refractivity contribution in [2.24, 2.45) is 23.7 Å². The molecule has 238 valence electrons. The number of benzene rings is 1. The lowest BCUT2D eigenvalue weighted by Gasteiger charge is -2.29. The maximum Gasteiger partial charge on any atom is 0.313 e. The van der Waals surface area contributed by atoms with Crippen molar-refractivity contribution in [3.05, 3.63) is 53.9 Å². The molecule has 1 fully saturated rings. The van der Waals surface area contributed by atoms with E-state index in [1.165, 1.54) is 26.3 Å². The zero-order chi connectivity index (χ0) is 32.4. The third kappa shape index (κ3) is 9.01. The number of rotatable bonds is 12. The summed E-state index contributed by atoms with van der Waals surface area (Å²) in [5.74, 6) is -6.23. The van der Waals surface area contributed by atoms with Crippen molar-refractivity contribution in [2.75, 3.05) is 20.5 Å². The number of cyclic esters (lactones) is 2. The first kappa shape index (κ1) is 34.0. The van der Waals surface area contributed by atoms with Crippen LogP contribution in [0.2, 0.25) is 0 Å². The summed E-state index contributed by atoms with van der Waals surface area (Å²) in [6.07, 6.45) is -1.14. The maximum atomic E-state index is 13.5. The van der Waals surface area contributed by atoms with Crippen LogP contribution in [0.3, 0.4) is 0 Å². The highest BCUT2D eigenvalue weighted by atomic mass is 16.7. The minimum absolute atomic E-state index is 0.0815. The second-order valence-corrected chi connectivity index (χ2v) is 11.0. The zero-order valence-electron chi connectivity index (χ0n) is 25.8. The van der Waals surface area contributed by atoms with E-state index >= 15 is 0 Å². The molecule has 1 aromatic heterocycles. The SMILES string of the molecule is COc1ccnc(C(=O)C[C@H]2COC(=O)[C@H](Cc3ccccc3)[C@@H](OC(=O)C(C)C)[C@H](C)OC2=O)c1OCOC(=O)C(C)C. The van der Waals surface area contributed by atoms with E-state index in [1.807, 2.05) is 30.3 Å². The van der Waals surface area contributed by atoms with Gasteiger partial charge >= 0.3 is 23.9 Å². The van der Waals surface area contributed by atoms with Crippen LogP contribution in [0, 0.1) is 23.7 Å². The molecule has 0 bridgehead atoms. The van der Waals surface area contributed by atoms with Crippen molar-refractivity contribution < 1.29 is 52.4 Å². The lowest BCUT2D eigenvalue weighted by Crippen LogP contribution is -2.43. The Morgan fingerprint density at radius 3 is 2.30 bits per heavy atom. The van der Waals surface area contributed by atoms with Gasteiger partial charge in [0, 0.05) is 18.7 Å². The van der Waals surface area contributed by atoms with Crippen LogP contribution in [0.15, 0.2) is 42.6 Å². The number of hydrogen-bond donors (Lipinski definition) is 0. The third-order valence-electron chi connectivity index (χ3n) is 6.91. The molecule has 0 saturated carbocycles. The zero-order valence-corrected chi connectivity index (χ0v) is 25.8. The third-order valence-corrected chi connectivity index (χ3v) is 6.91. The van der Waals surface area contributed by atoms with E-state index in [0.717, 1.165) is 5.56 Å². The standard InChI is InChI=1S/C32H39NO11/c1-18(2)29(35)42-17-41-28-25(39-6)12-13-33-26(28)24(34)15-22-16-40-32(38)23(14-21-10-8-7-9-11-21)27(20(5)43-31(22)37)44-30(36)19(3)4/h7-13,18-20,22-23,27H,14-17H2,1-6H3/t20-,22-,23+,27-/m0/s1. The Bertz CT molecular complexity index is 1320. The van der Waals surface area contributed by atoms with Gasteiger partial charge in [-0.1, -0.05) is 58.0 Å². The van der Waals surface area contributed by atoms with Crippen LogP contribution >= 0.6 is 0 Å². The Labute approximate surface area is 256 Å². The number of aromatic nitrogens is 1. The molecule has 0 amide bonds. The predicted octanol–water partition coefficient (Wildman–Crippen LogP) is 3.73. The summed E-state index contributed by atoms with van der Waals surface area (Å²) < 4.78 is 32.8. The first-order valence-electron chi connectivity index (χ1n) is 14.4. The fourth-order valence-electron chi connectivity index (χ4n) is 4.39. The molecule has 1 aliphatic rings. The summed E-state index contributed by atoms with van der Waals surface area (Å²) >= 11 is 0. The molecule has 1 saturated heterocycles. The van der Waals surface area contributed by atoms with E-state index in [9.17, 15) is 24.0 Å². The molecule has 12 heteroatoms. The van der Waals surface area contributed by atoms with Crippen molar-refractivity contribution in [1.29, 1.82) is 0 Å². The van der Waals surface area contributed by atoms with Gasteiger partial charge in [0.1, 0.15) is 18.6 Å². The molecule has 44 heavy (non-hydrogen) atoms. The first-order chi connectivity index (χ1) is 20.9. The average molecular weight is 614 g/mol. The predicted molar refractivity (Wildman–Crippen MR) is 155 cm³/mol. The molecular weight excluding hydrogens is 574 g/mol. The van der Waals surface area contributed by atoms with Crippen LogP contribution < -0.4 is 9.47 Å². The molecule has 1 aromatic carbocycles. The Kier molecular flexibility index (Phi) is 12.2. The highest BCUT2D eigenvalue weighted by molar-refractivity contribution is 5.99. The summed E-state index contributed by atoms with van der Waals surface area (Å²) in [4.78, 5) is 68.8. The summed E-state index contributed by atoms with van der Waals surface area (Å²) in [5, 5.41) is 0. The molecule has 0 spiro atoms. The highest BCUT2D eigenvalue weighted by Gasteiger charge is 2.42. The highest BCUT2D eigenvalue weighted by Crippen LogP contribution is 2.32. The fraction of sp³-hybridized carbons (Fsp3) is 0.500. The van der Waals surface area contributed by atoms with Crippen LogP contribution in [0.4, 0.5) is 0 Å². The van der Waals surface area contributed by atoms with Gasteiger partial charge in [-0.2, -0.15) is 0 Å². The van der Waals surface area contributed by atoms with Crippen LogP contribution in [-0.2, 0) is 44.5 Å². The van der Waals surface area contributed by atoms with Gasteiger partial charge < -0.3 is 28.4 Å². The van der Waals surface area contributed by atoms with Crippen LogP contribution in [0.1, 0.15) is 57.1 Å². The summed E-state index contributed by atoms with van der Waals surface area (Å²) in [6.45, 7) is 7.19. The van der Waals surface area contributed by atoms with Gasteiger partial charge in [0.25, 0.3) is 0 Å². The monoisotopic (exact) mass is 613 g/mol. The van der Waals surface area contributed by atoms with Gasteiger partial charge in [-0.15, -0.1) is 0 Å².